The Morgan fingerprint density at radius 1 is 1.24 bits per heavy atom. The maximum atomic E-state index is 6.18. The summed E-state index contributed by atoms with van der Waals surface area (Å²) in [5.41, 5.74) is 7.76. The number of furan rings is 1. The quantitative estimate of drug-likeness (QED) is 0.895. The van der Waals surface area contributed by atoms with E-state index in [1.165, 1.54) is 0 Å². The van der Waals surface area contributed by atoms with Crippen LogP contribution in [0.3, 0.4) is 0 Å². The minimum absolute atomic E-state index is 0.527. The largest absolute Gasteiger partial charge is 0.468 e. The van der Waals surface area contributed by atoms with Crippen molar-refractivity contribution in [2.75, 3.05) is 0 Å². The zero-order chi connectivity index (χ0) is 12.1. The number of nitrogens with two attached hydrogens (primary N) is 1. The number of hydrogen-bond donors (Lipinski definition) is 1. The molecule has 0 aliphatic carbocycles. The van der Waals surface area contributed by atoms with Crippen LogP contribution in [-0.2, 0) is 18.1 Å². The maximum Gasteiger partial charge on any atom is 0.113 e. The highest BCUT2D eigenvalue weighted by molar-refractivity contribution is 7.97. The van der Waals surface area contributed by atoms with Crippen molar-refractivity contribution in [2.45, 2.75) is 18.1 Å². The minimum atomic E-state index is 0.527. The first kappa shape index (κ1) is 12.6. The topological polar surface area (TPSA) is 39.2 Å². The fourth-order valence-corrected chi connectivity index (χ4v) is 2.78. The fourth-order valence-electron chi connectivity index (χ4n) is 1.49. The van der Waals surface area contributed by atoms with Crippen molar-refractivity contribution >= 4 is 23.4 Å². The molecular formula is C13H14ClNOS. The normalized spacial score (nSPS) is 10.7. The summed E-state index contributed by atoms with van der Waals surface area (Å²) in [6.07, 6.45) is 1.69. The Hall–Kier alpha value is -0.900. The van der Waals surface area contributed by atoms with Crippen molar-refractivity contribution in [2.24, 2.45) is 5.73 Å². The van der Waals surface area contributed by atoms with Crippen molar-refractivity contribution in [3.8, 4) is 0 Å². The summed E-state index contributed by atoms with van der Waals surface area (Å²) in [6, 6.07) is 9.88. The molecule has 4 heteroatoms. The Labute approximate surface area is 110 Å². The van der Waals surface area contributed by atoms with Crippen molar-refractivity contribution in [1.29, 1.82) is 0 Å². The lowest BCUT2D eigenvalue weighted by molar-refractivity contribution is 0.530. The Morgan fingerprint density at radius 3 is 2.76 bits per heavy atom. The van der Waals surface area contributed by atoms with Crippen LogP contribution in [0.25, 0.3) is 0 Å². The van der Waals surface area contributed by atoms with Gasteiger partial charge in [0.05, 0.1) is 12.0 Å². The highest BCUT2D eigenvalue weighted by Gasteiger charge is 2.03. The third-order valence-corrected chi connectivity index (χ3v) is 3.79. The lowest BCUT2D eigenvalue weighted by Gasteiger charge is -2.05. The van der Waals surface area contributed by atoms with Crippen LogP contribution in [0.1, 0.15) is 16.9 Å². The van der Waals surface area contributed by atoms with E-state index < -0.39 is 0 Å². The second-order valence-electron chi connectivity index (χ2n) is 3.70. The monoisotopic (exact) mass is 267 g/mol. The summed E-state index contributed by atoms with van der Waals surface area (Å²) in [5, 5.41) is 0.792. The number of halogens is 1. The predicted molar refractivity (Wildman–Crippen MR) is 73.1 cm³/mol. The van der Waals surface area contributed by atoms with Gasteiger partial charge in [-0.25, -0.2) is 0 Å². The van der Waals surface area contributed by atoms with Crippen LogP contribution < -0.4 is 5.73 Å². The van der Waals surface area contributed by atoms with Gasteiger partial charge < -0.3 is 10.2 Å². The van der Waals surface area contributed by atoms with Crippen LogP contribution in [0.2, 0.25) is 5.02 Å². The molecule has 2 rings (SSSR count). The van der Waals surface area contributed by atoms with Crippen LogP contribution >= 0.6 is 23.4 Å². The van der Waals surface area contributed by atoms with Gasteiger partial charge in [0.15, 0.2) is 0 Å². The molecule has 0 atom stereocenters. The van der Waals surface area contributed by atoms with Crippen LogP contribution in [-0.4, -0.2) is 0 Å². The second-order valence-corrected chi connectivity index (χ2v) is 5.09. The molecule has 0 saturated carbocycles. The lowest BCUT2D eigenvalue weighted by atomic mass is 10.1. The van der Waals surface area contributed by atoms with E-state index in [9.17, 15) is 0 Å². The summed E-state index contributed by atoms with van der Waals surface area (Å²) >= 11 is 7.96. The van der Waals surface area contributed by atoms with E-state index in [0.29, 0.717) is 6.54 Å². The average molecular weight is 268 g/mol. The third-order valence-electron chi connectivity index (χ3n) is 2.44. The van der Waals surface area contributed by atoms with Gasteiger partial charge in [0.25, 0.3) is 0 Å². The van der Waals surface area contributed by atoms with E-state index in [1.807, 2.05) is 30.3 Å². The van der Waals surface area contributed by atoms with Crippen molar-refractivity contribution in [3.63, 3.8) is 0 Å². The molecule has 0 unspecified atom stereocenters. The summed E-state index contributed by atoms with van der Waals surface area (Å²) in [5.74, 6) is 2.73. The Balaban J connectivity index is 1.90. The second kappa shape index (κ2) is 6.15. The standard InChI is InChI=1S/C13H14ClNOS/c14-13-6-10(7-15)3-4-11(13)8-17-9-12-2-1-5-16-12/h1-6H,7-9,15H2. The van der Waals surface area contributed by atoms with Crippen molar-refractivity contribution in [1.82, 2.24) is 0 Å². The van der Waals surface area contributed by atoms with Gasteiger partial charge in [-0.15, -0.1) is 11.8 Å². The number of hydrogen-bond acceptors (Lipinski definition) is 3. The zero-order valence-electron chi connectivity index (χ0n) is 9.36. The molecule has 0 aliphatic rings. The van der Waals surface area contributed by atoms with Gasteiger partial charge >= 0.3 is 0 Å². The van der Waals surface area contributed by atoms with Crippen molar-refractivity contribution < 1.29 is 4.42 Å². The maximum absolute atomic E-state index is 6.18. The van der Waals surface area contributed by atoms with Gasteiger partial charge in [0.1, 0.15) is 5.76 Å². The molecule has 2 aromatic rings. The van der Waals surface area contributed by atoms with E-state index in [1.54, 1.807) is 18.0 Å². The molecule has 0 spiro atoms. The average Bonchev–Trinajstić information content (AvgIpc) is 2.84. The first-order valence-electron chi connectivity index (χ1n) is 5.37. The van der Waals surface area contributed by atoms with Crippen LogP contribution in [0.15, 0.2) is 41.0 Å². The molecule has 0 aliphatic heterocycles. The van der Waals surface area contributed by atoms with Crippen LogP contribution in [0, 0.1) is 0 Å². The van der Waals surface area contributed by atoms with Gasteiger partial charge in [0.2, 0.25) is 0 Å². The van der Waals surface area contributed by atoms with Crippen LogP contribution in [0.5, 0.6) is 0 Å². The first-order chi connectivity index (χ1) is 8.29. The number of benzene rings is 1. The van der Waals surface area contributed by atoms with E-state index in [2.05, 4.69) is 0 Å². The van der Waals surface area contributed by atoms with E-state index in [0.717, 1.165) is 33.4 Å². The Morgan fingerprint density at radius 2 is 2.12 bits per heavy atom. The fraction of sp³-hybridized carbons (Fsp3) is 0.231. The summed E-state index contributed by atoms with van der Waals surface area (Å²) in [6.45, 7) is 0.527. The first-order valence-corrected chi connectivity index (χ1v) is 6.90. The molecule has 2 N–H and O–H groups in total. The van der Waals surface area contributed by atoms with Gasteiger partial charge in [-0.2, -0.15) is 0 Å². The highest BCUT2D eigenvalue weighted by atomic mass is 35.5. The van der Waals surface area contributed by atoms with Gasteiger partial charge in [-0.1, -0.05) is 23.7 Å². The molecule has 0 saturated heterocycles. The predicted octanol–water partition coefficient (Wildman–Crippen LogP) is 3.83. The molecule has 90 valence electrons. The minimum Gasteiger partial charge on any atom is -0.468 e. The van der Waals surface area contributed by atoms with Gasteiger partial charge in [-0.05, 0) is 29.3 Å². The third kappa shape index (κ3) is 3.53. The molecule has 0 amide bonds. The molecule has 0 fully saturated rings. The van der Waals surface area contributed by atoms with Crippen molar-refractivity contribution in [3.05, 3.63) is 58.5 Å². The number of thioether (sulfide) groups is 1. The molecular weight excluding hydrogens is 254 g/mol. The zero-order valence-corrected chi connectivity index (χ0v) is 10.9. The summed E-state index contributed by atoms with van der Waals surface area (Å²) in [4.78, 5) is 0. The molecule has 17 heavy (non-hydrogen) atoms. The molecule has 1 aromatic heterocycles. The van der Waals surface area contributed by atoms with Gasteiger partial charge in [-0.3, -0.25) is 0 Å². The molecule has 2 nitrogen and oxygen atoms in total. The molecule has 0 radical (unpaired) electrons. The summed E-state index contributed by atoms with van der Waals surface area (Å²) < 4.78 is 5.27. The van der Waals surface area contributed by atoms with E-state index in [4.69, 9.17) is 21.8 Å². The summed E-state index contributed by atoms with van der Waals surface area (Å²) in [7, 11) is 0. The lowest BCUT2D eigenvalue weighted by Crippen LogP contribution is -1.96. The van der Waals surface area contributed by atoms with E-state index >= 15 is 0 Å². The SMILES string of the molecule is NCc1ccc(CSCc2ccco2)c(Cl)c1. The molecule has 1 heterocycles. The Bertz CT molecular complexity index is 470. The Kier molecular flexibility index (Phi) is 4.54. The molecule has 1 aromatic carbocycles. The number of rotatable bonds is 5. The van der Waals surface area contributed by atoms with Crippen LogP contribution in [0.4, 0.5) is 0 Å². The smallest absolute Gasteiger partial charge is 0.113 e. The highest BCUT2D eigenvalue weighted by Crippen LogP contribution is 2.24. The van der Waals surface area contributed by atoms with Gasteiger partial charge in [0, 0.05) is 17.3 Å². The van der Waals surface area contributed by atoms with E-state index in [-0.39, 0.29) is 0 Å². The molecule has 0 bridgehead atoms.